The lowest BCUT2D eigenvalue weighted by Gasteiger charge is -2.22. The summed E-state index contributed by atoms with van der Waals surface area (Å²) in [5.74, 6) is -0.134. The van der Waals surface area contributed by atoms with E-state index in [0.29, 0.717) is 16.8 Å². The van der Waals surface area contributed by atoms with Gasteiger partial charge in [0.1, 0.15) is 0 Å². The van der Waals surface area contributed by atoms with Crippen molar-refractivity contribution in [2.24, 2.45) is 0 Å². The van der Waals surface area contributed by atoms with Crippen LogP contribution in [0.1, 0.15) is 42.3 Å². The van der Waals surface area contributed by atoms with Crippen molar-refractivity contribution in [1.29, 1.82) is 5.26 Å². The Kier molecular flexibility index (Phi) is 4.09. The Bertz CT molecular complexity index is 688. The molecule has 0 saturated heterocycles. The molecule has 0 aliphatic rings. The molecule has 2 aromatic rings. The third-order valence-electron chi connectivity index (χ3n) is 3.25. The Morgan fingerprint density at radius 2 is 1.67 bits per heavy atom. The Morgan fingerprint density at radius 1 is 1.05 bits per heavy atom. The SMILES string of the molecule is CC(C)(C)c1ccccc1C(=O)Nc1ccc(C#N)cc1. The summed E-state index contributed by atoms with van der Waals surface area (Å²) in [5.41, 5.74) is 2.84. The summed E-state index contributed by atoms with van der Waals surface area (Å²) in [5, 5.41) is 11.7. The molecule has 106 valence electrons. The molecule has 0 aliphatic carbocycles. The third kappa shape index (κ3) is 3.49. The predicted octanol–water partition coefficient (Wildman–Crippen LogP) is 4.11. The van der Waals surface area contributed by atoms with Crippen molar-refractivity contribution in [2.75, 3.05) is 5.32 Å². The number of anilines is 1. The second-order valence-corrected chi connectivity index (χ2v) is 5.94. The van der Waals surface area contributed by atoms with E-state index in [4.69, 9.17) is 5.26 Å². The zero-order valence-corrected chi connectivity index (χ0v) is 12.5. The molecule has 21 heavy (non-hydrogen) atoms. The maximum Gasteiger partial charge on any atom is 0.255 e. The van der Waals surface area contributed by atoms with Gasteiger partial charge in [-0.1, -0.05) is 39.0 Å². The van der Waals surface area contributed by atoms with Crippen LogP contribution in [0.3, 0.4) is 0 Å². The van der Waals surface area contributed by atoms with Crippen LogP contribution in [0.2, 0.25) is 0 Å². The van der Waals surface area contributed by atoms with Crippen molar-refractivity contribution in [3.8, 4) is 6.07 Å². The summed E-state index contributed by atoms with van der Waals surface area (Å²) in [7, 11) is 0. The molecule has 0 aliphatic heterocycles. The molecule has 0 saturated carbocycles. The van der Waals surface area contributed by atoms with E-state index in [9.17, 15) is 4.79 Å². The van der Waals surface area contributed by atoms with Crippen molar-refractivity contribution in [3.05, 3.63) is 65.2 Å². The quantitative estimate of drug-likeness (QED) is 0.898. The standard InChI is InChI=1S/C18H18N2O/c1-18(2,3)16-7-5-4-6-15(16)17(21)20-14-10-8-13(12-19)9-11-14/h4-11H,1-3H3,(H,20,21). The van der Waals surface area contributed by atoms with Crippen LogP contribution >= 0.6 is 0 Å². The zero-order valence-electron chi connectivity index (χ0n) is 12.5. The summed E-state index contributed by atoms with van der Waals surface area (Å²) in [4.78, 5) is 12.5. The molecule has 0 bridgehead atoms. The lowest BCUT2D eigenvalue weighted by molar-refractivity contribution is 0.102. The van der Waals surface area contributed by atoms with Gasteiger partial charge in [0.05, 0.1) is 11.6 Å². The lowest BCUT2D eigenvalue weighted by Crippen LogP contribution is -2.20. The molecule has 0 unspecified atom stereocenters. The molecular formula is C18H18N2O. The number of nitrogens with zero attached hydrogens (tertiary/aromatic N) is 1. The summed E-state index contributed by atoms with van der Waals surface area (Å²) in [6, 6.07) is 16.5. The van der Waals surface area contributed by atoms with Gasteiger partial charge in [-0.15, -0.1) is 0 Å². The molecule has 0 aromatic heterocycles. The van der Waals surface area contributed by atoms with Crippen LogP contribution in [0.25, 0.3) is 0 Å². The monoisotopic (exact) mass is 278 g/mol. The minimum Gasteiger partial charge on any atom is -0.322 e. The number of amides is 1. The van der Waals surface area contributed by atoms with E-state index < -0.39 is 0 Å². The van der Waals surface area contributed by atoms with Gasteiger partial charge in [-0.25, -0.2) is 0 Å². The summed E-state index contributed by atoms with van der Waals surface area (Å²) < 4.78 is 0. The highest BCUT2D eigenvalue weighted by Gasteiger charge is 2.21. The fourth-order valence-electron chi connectivity index (χ4n) is 2.16. The van der Waals surface area contributed by atoms with E-state index in [-0.39, 0.29) is 11.3 Å². The lowest BCUT2D eigenvalue weighted by atomic mass is 9.83. The first kappa shape index (κ1) is 14.8. The van der Waals surface area contributed by atoms with Gasteiger partial charge in [-0.3, -0.25) is 4.79 Å². The van der Waals surface area contributed by atoms with Crippen LogP contribution in [-0.4, -0.2) is 5.91 Å². The number of benzene rings is 2. The average Bonchev–Trinajstić information content (AvgIpc) is 2.47. The van der Waals surface area contributed by atoms with Crippen LogP contribution in [-0.2, 0) is 5.41 Å². The van der Waals surface area contributed by atoms with E-state index in [2.05, 4.69) is 32.2 Å². The smallest absolute Gasteiger partial charge is 0.255 e. The van der Waals surface area contributed by atoms with Gasteiger partial charge >= 0.3 is 0 Å². The number of carbonyl (C=O) groups is 1. The van der Waals surface area contributed by atoms with E-state index in [1.807, 2.05) is 24.3 Å². The highest BCUT2D eigenvalue weighted by atomic mass is 16.1. The van der Waals surface area contributed by atoms with Gasteiger partial charge in [0.25, 0.3) is 5.91 Å². The normalized spacial score (nSPS) is 10.8. The Hall–Kier alpha value is -2.60. The Morgan fingerprint density at radius 3 is 2.24 bits per heavy atom. The first-order valence-corrected chi connectivity index (χ1v) is 6.83. The van der Waals surface area contributed by atoms with E-state index in [0.717, 1.165) is 5.56 Å². The van der Waals surface area contributed by atoms with E-state index >= 15 is 0 Å². The molecule has 0 fully saturated rings. The highest BCUT2D eigenvalue weighted by molar-refractivity contribution is 6.05. The molecule has 1 N–H and O–H groups in total. The predicted molar refractivity (Wildman–Crippen MR) is 84.3 cm³/mol. The maximum absolute atomic E-state index is 12.5. The molecule has 0 spiro atoms. The van der Waals surface area contributed by atoms with Crippen LogP contribution < -0.4 is 5.32 Å². The zero-order chi connectivity index (χ0) is 15.5. The first-order valence-electron chi connectivity index (χ1n) is 6.83. The van der Waals surface area contributed by atoms with E-state index in [1.165, 1.54) is 0 Å². The fraction of sp³-hybridized carbons (Fsp3) is 0.222. The Labute approximate surface area is 125 Å². The minimum atomic E-state index is -0.134. The van der Waals surface area contributed by atoms with Crippen molar-refractivity contribution < 1.29 is 4.79 Å². The molecule has 3 nitrogen and oxygen atoms in total. The number of rotatable bonds is 2. The number of nitriles is 1. The molecular weight excluding hydrogens is 260 g/mol. The van der Waals surface area contributed by atoms with Crippen molar-refractivity contribution in [1.82, 2.24) is 0 Å². The topological polar surface area (TPSA) is 52.9 Å². The van der Waals surface area contributed by atoms with Crippen LogP contribution in [0.4, 0.5) is 5.69 Å². The molecule has 1 amide bonds. The number of nitrogens with one attached hydrogen (secondary N) is 1. The van der Waals surface area contributed by atoms with Gasteiger partial charge in [0.2, 0.25) is 0 Å². The second kappa shape index (κ2) is 5.80. The van der Waals surface area contributed by atoms with Crippen molar-refractivity contribution in [2.45, 2.75) is 26.2 Å². The number of hydrogen-bond donors (Lipinski definition) is 1. The first-order chi connectivity index (χ1) is 9.91. The van der Waals surface area contributed by atoms with Gasteiger partial charge < -0.3 is 5.32 Å². The summed E-state index contributed by atoms with van der Waals surface area (Å²) >= 11 is 0. The Balaban J connectivity index is 2.27. The van der Waals surface area contributed by atoms with Gasteiger partial charge in [-0.2, -0.15) is 5.26 Å². The van der Waals surface area contributed by atoms with Crippen LogP contribution in [0.15, 0.2) is 48.5 Å². The van der Waals surface area contributed by atoms with Crippen molar-refractivity contribution >= 4 is 11.6 Å². The summed E-state index contributed by atoms with van der Waals surface area (Å²) in [6.45, 7) is 6.25. The number of carbonyl (C=O) groups excluding carboxylic acids is 1. The second-order valence-electron chi connectivity index (χ2n) is 5.94. The largest absolute Gasteiger partial charge is 0.322 e. The molecule has 2 rings (SSSR count). The molecule has 2 aromatic carbocycles. The summed E-state index contributed by atoms with van der Waals surface area (Å²) in [6.07, 6.45) is 0. The fourth-order valence-corrected chi connectivity index (χ4v) is 2.16. The molecule has 0 atom stereocenters. The molecule has 0 heterocycles. The number of hydrogen-bond acceptors (Lipinski definition) is 2. The van der Waals surface area contributed by atoms with Gasteiger partial charge in [0.15, 0.2) is 0 Å². The van der Waals surface area contributed by atoms with Gasteiger partial charge in [-0.05, 0) is 41.3 Å². The van der Waals surface area contributed by atoms with Gasteiger partial charge in [0, 0.05) is 11.3 Å². The molecule has 3 heteroatoms. The van der Waals surface area contributed by atoms with E-state index in [1.54, 1.807) is 24.3 Å². The minimum absolute atomic E-state index is 0.0986. The molecule has 0 radical (unpaired) electrons. The average molecular weight is 278 g/mol. The third-order valence-corrected chi connectivity index (χ3v) is 3.25. The highest BCUT2D eigenvalue weighted by Crippen LogP contribution is 2.26. The van der Waals surface area contributed by atoms with Crippen molar-refractivity contribution in [3.63, 3.8) is 0 Å². The van der Waals surface area contributed by atoms with Crippen LogP contribution in [0.5, 0.6) is 0 Å². The maximum atomic E-state index is 12.5. The van der Waals surface area contributed by atoms with Crippen LogP contribution in [0, 0.1) is 11.3 Å².